The van der Waals surface area contributed by atoms with Crippen molar-refractivity contribution in [3.63, 3.8) is 0 Å². The molecule has 1 heterocycles. The average molecular weight is 613 g/mol. The highest BCUT2D eigenvalue weighted by Gasteiger charge is 2.48. The van der Waals surface area contributed by atoms with Crippen molar-refractivity contribution in [2.45, 2.75) is 86.2 Å². The van der Waals surface area contributed by atoms with E-state index in [1.54, 1.807) is 18.2 Å². The highest BCUT2D eigenvalue weighted by Crippen LogP contribution is 2.55. The van der Waals surface area contributed by atoms with Crippen molar-refractivity contribution < 1.29 is 24.0 Å². The summed E-state index contributed by atoms with van der Waals surface area (Å²) in [4.78, 5) is 41.1. The fraction of sp³-hybridized carbons (Fsp3) is 0.459. The molecule has 2 aromatic carbocycles. The molecule has 0 N–H and O–H groups in total. The van der Waals surface area contributed by atoms with Gasteiger partial charge in [-0.1, -0.05) is 39.8 Å². The molecule has 2 aromatic rings. The first-order valence-corrected chi connectivity index (χ1v) is 15.9. The molecule has 0 radical (unpaired) electrons. The van der Waals surface area contributed by atoms with Gasteiger partial charge in [0.15, 0.2) is 23.1 Å². The van der Waals surface area contributed by atoms with E-state index in [4.69, 9.17) is 9.47 Å². The topological polar surface area (TPSA) is 99.0 Å². The van der Waals surface area contributed by atoms with E-state index in [2.05, 4.69) is 46.1 Å². The van der Waals surface area contributed by atoms with Gasteiger partial charge in [-0.25, -0.2) is 0 Å². The zero-order chi connectivity index (χ0) is 32.7. The smallest absolute Gasteiger partial charge is 0.269 e. The number of Topliss-reactive ketones (excluding diaryl/α,β-unsaturated/α-hetero) is 2. The molecule has 0 bridgehead atoms. The van der Waals surface area contributed by atoms with Crippen LogP contribution in [0.15, 0.2) is 71.6 Å². The second kappa shape index (κ2) is 12.3. The van der Waals surface area contributed by atoms with Gasteiger partial charge in [0.2, 0.25) is 0 Å². The van der Waals surface area contributed by atoms with Crippen molar-refractivity contribution in [2.24, 2.45) is 10.8 Å². The van der Waals surface area contributed by atoms with Crippen LogP contribution < -0.4 is 9.47 Å². The van der Waals surface area contributed by atoms with E-state index in [1.165, 1.54) is 12.1 Å². The van der Waals surface area contributed by atoms with Crippen LogP contribution >= 0.6 is 0 Å². The number of ether oxygens (including phenoxy) is 2. The Bertz CT molecular complexity index is 1560. The van der Waals surface area contributed by atoms with Crippen molar-refractivity contribution >= 4 is 17.3 Å². The van der Waals surface area contributed by atoms with Crippen LogP contribution in [-0.4, -0.2) is 34.5 Å². The molecule has 5 rings (SSSR count). The number of rotatable bonds is 10. The Balaban J connectivity index is 1.67. The lowest BCUT2D eigenvalue weighted by molar-refractivity contribution is -0.384. The third-order valence-corrected chi connectivity index (χ3v) is 9.02. The SMILES string of the molecule is C=CCc1cc(C2C3=C(CC(C)(C)CC3=O)N(CC)C3=C2C(=O)CC(C)(C)C3)cc(OCC)c1OCc1ccc([N+](=O)[O-])cc1. The number of hydrogen-bond acceptors (Lipinski definition) is 7. The van der Waals surface area contributed by atoms with Crippen LogP contribution in [0.3, 0.4) is 0 Å². The Morgan fingerprint density at radius 1 is 0.933 bits per heavy atom. The minimum absolute atomic E-state index is 0.0169. The van der Waals surface area contributed by atoms with Crippen LogP contribution in [0.5, 0.6) is 11.5 Å². The minimum atomic E-state index is -0.489. The third kappa shape index (κ3) is 6.33. The summed E-state index contributed by atoms with van der Waals surface area (Å²) in [5.41, 5.74) is 5.65. The van der Waals surface area contributed by atoms with Gasteiger partial charge >= 0.3 is 0 Å². The van der Waals surface area contributed by atoms with Gasteiger partial charge in [0, 0.05) is 65.5 Å². The molecule has 45 heavy (non-hydrogen) atoms. The van der Waals surface area contributed by atoms with Gasteiger partial charge in [0.05, 0.1) is 11.5 Å². The van der Waals surface area contributed by atoms with Gasteiger partial charge < -0.3 is 14.4 Å². The molecule has 0 atom stereocenters. The van der Waals surface area contributed by atoms with E-state index in [-0.39, 0.29) is 34.7 Å². The summed E-state index contributed by atoms with van der Waals surface area (Å²) >= 11 is 0. The number of hydrogen-bond donors (Lipinski definition) is 0. The molecule has 0 spiro atoms. The average Bonchev–Trinajstić information content (AvgIpc) is 2.95. The minimum Gasteiger partial charge on any atom is -0.490 e. The predicted octanol–water partition coefficient (Wildman–Crippen LogP) is 8.01. The number of nitro groups is 1. The first-order valence-electron chi connectivity index (χ1n) is 15.9. The van der Waals surface area contributed by atoms with Crippen LogP contribution in [0.25, 0.3) is 0 Å². The fourth-order valence-electron chi connectivity index (χ4n) is 7.22. The highest BCUT2D eigenvalue weighted by atomic mass is 16.6. The fourth-order valence-corrected chi connectivity index (χ4v) is 7.22. The van der Waals surface area contributed by atoms with Crippen LogP contribution in [0, 0.1) is 20.9 Å². The molecule has 238 valence electrons. The molecule has 3 aliphatic rings. The lowest BCUT2D eigenvalue weighted by Gasteiger charge is -2.49. The quantitative estimate of drug-likeness (QED) is 0.152. The lowest BCUT2D eigenvalue weighted by Crippen LogP contribution is -2.44. The van der Waals surface area contributed by atoms with E-state index < -0.39 is 10.8 Å². The monoisotopic (exact) mass is 612 g/mol. The first kappa shape index (κ1) is 32.2. The van der Waals surface area contributed by atoms with Crippen molar-refractivity contribution in [1.82, 2.24) is 4.90 Å². The Morgan fingerprint density at radius 3 is 2.00 bits per heavy atom. The molecule has 1 aliphatic heterocycles. The number of non-ortho nitro benzene ring substituents is 1. The number of carbonyl (C=O) groups is 2. The molecule has 0 saturated carbocycles. The summed E-state index contributed by atoms with van der Waals surface area (Å²) in [5, 5.41) is 11.1. The number of ketones is 2. The number of carbonyl (C=O) groups excluding carboxylic acids is 2. The summed E-state index contributed by atoms with van der Waals surface area (Å²) in [6, 6.07) is 10.2. The van der Waals surface area contributed by atoms with Crippen molar-refractivity contribution in [2.75, 3.05) is 13.2 Å². The van der Waals surface area contributed by atoms with Gasteiger partial charge in [-0.15, -0.1) is 6.58 Å². The summed E-state index contributed by atoms with van der Waals surface area (Å²) < 4.78 is 12.5. The first-order chi connectivity index (χ1) is 21.3. The number of nitrogens with zero attached hydrogens (tertiary/aromatic N) is 2. The van der Waals surface area contributed by atoms with Crippen LogP contribution in [0.2, 0.25) is 0 Å². The van der Waals surface area contributed by atoms with Crippen molar-refractivity contribution in [3.8, 4) is 11.5 Å². The molecule has 0 fully saturated rings. The van der Waals surface area contributed by atoms with Crippen molar-refractivity contribution in [3.05, 3.63) is 98.4 Å². The van der Waals surface area contributed by atoms with Gasteiger partial charge in [-0.2, -0.15) is 0 Å². The third-order valence-electron chi connectivity index (χ3n) is 9.02. The summed E-state index contributed by atoms with van der Waals surface area (Å²) in [6.45, 7) is 17.8. The largest absolute Gasteiger partial charge is 0.490 e. The van der Waals surface area contributed by atoms with E-state index >= 15 is 0 Å². The van der Waals surface area contributed by atoms with E-state index in [9.17, 15) is 19.7 Å². The maximum Gasteiger partial charge on any atom is 0.269 e. The van der Waals surface area contributed by atoms with Gasteiger partial charge in [0.1, 0.15) is 6.61 Å². The van der Waals surface area contributed by atoms with Gasteiger partial charge in [-0.05, 0) is 73.3 Å². The number of allylic oxidation sites excluding steroid dienone is 5. The lowest BCUT2D eigenvalue weighted by atomic mass is 9.63. The van der Waals surface area contributed by atoms with E-state index in [1.807, 2.05) is 19.1 Å². The van der Waals surface area contributed by atoms with E-state index in [0.717, 1.165) is 52.1 Å². The second-order valence-electron chi connectivity index (χ2n) is 13.9. The molecular weight excluding hydrogens is 568 g/mol. The Kier molecular flexibility index (Phi) is 8.80. The number of nitro benzene ring substituents is 1. The normalized spacial score (nSPS) is 19.3. The molecule has 8 heteroatoms. The van der Waals surface area contributed by atoms with Crippen LogP contribution in [0.4, 0.5) is 5.69 Å². The van der Waals surface area contributed by atoms with Gasteiger partial charge in [-0.3, -0.25) is 19.7 Å². The maximum absolute atomic E-state index is 14.1. The zero-order valence-electron chi connectivity index (χ0n) is 27.3. The number of benzene rings is 2. The second-order valence-corrected chi connectivity index (χ2v) is 13.9. The maximum atomic E-state index is 14.1. The van der Waals surface area contributed by atoms with Crippen LogP contribution in [0.1, 0.15) is 89.8 Å². The molecule has 0 amide bonds. The standard InChI is InChI=1S/C37H44N2O6/c1-8-11-24-16-25(17-31(44-10-3)35(24)45-22-23-12-14-26(15-13-23)39(42)43)32-33-27(18-36(4,5)20-29(33)40)38(9-2)28-19-37(6,7)21-30(41)34(28)32/h8,12-17,32H,1,9-11,18-22H2,2-7H3. The summed E-state index contributed by atoms with van der Waals surface area (Å²) in [6.07, 6.45) is 4.66. The van der Waals surface area contributed by atoms with Crippen LogP contribution in [-0.2, 0) is 22.6 Å². The highest BCUT2D eigenvalue weighted by molar-refractivity contribution is 6.06. The Morgan fingerprint density at radius 2 is 1.51 bits per heavy atom. The van der Waals surface area contributed by atoms with E-state index in [0.29, 0.717) is 43.9 Å². The molecule has 0 saturated heterocycles. The molecule has 2 aliphatic carbocycles. The molecule has 0 unspecified atom stereocenters. The molecule has 0 aromatic heterocycles. The van der Waals surface area contributed by atoms with Crippen molar-refractivity contribution in [1.29, 1.82) is 0 Å². The Labute approximate surface area is 265 Å². The molecular formula is C37H44N2O6. The summed E-state index contributed by atoms with van der Waals surface area (Å²) in [7, 11) is 0. The summed E-state index contributed by atoms with van der Waals surface area (Å²) in [5.74, 6) is 0.784. The predicted molar refractivity (Wildman–Crippen MR) is 174 cm³/mol. The van der Waals surface area contributed by atoms with Gasteiger partial charge in [0.25, 0.3) is 5.69 Å². The zero-order valence-corrected chi connectivity index (χ0v) is 27.3. The molecule has 8 nitrogen and oxygen atoms in total. The Hall–Kier alpha value is -4.20.